The number of likely N-dealkylation sites (N-methyl/N-ethyl adjacent to an activating group) is 1. The minimum Gasteiger partial charge on any atom is -0.456 e. The number of hydrogen-bond donors (Lipinski definition) is 1. The van der Waals surface area contributed by atoms with Crippen LogP contribution in [0.15, 0.2) is 24.3 Å². The Labute approximate surface area is 110 Å². The number of nitrogens with one attached hydrogen (secondary N) is 1. The quantitative estimate of drug-likeness (QED) is 0.816. The zero-order chi connectivity index (χ0) is 13.8. The van der Waals surface area contributed by atoms with E-state index in [9.17, 15) is 4.79 Å². The molecule has 0 bridgehead atoms. The third kappa shape index (κ3) is 4.49. The Bertz CT molecular complexity index is 388. The minimum atomic E-state index is -0.239. The predicted octanol–water partition coefficient (Wildman–Crippen LogP) is 1.29. The van der Waals surface area contributed by atoms with Gasteiger partial charge in [-0.15, -0.1) is 0 Å². The lowest BCUT2D eigenvalue weighted by Crippen LogP contribution is -3.06. The molecule has 1 aromatic carbocycles. The van der Waals surface area contributed by atoms with Crippen molar-refractivity contribution in [1.82, 2.24) is 0 Å². The van der Waals surface area contributed by atoms with E-state index in [4.69, 9.17) is 4.74 Å². The highest BCUT2D eigenvalue weighted by Gasteiger charge is 2.14. The summed E-state index contributed by atoms with van der Waals surface area (Å²) in [5.41, 5.74) is 1.95. The Balaban J connectivity index is 2.60. The molecular weight excluding hydrogens is 226 g/mol. The van der Waals surface area contributed by atoms with E-state index in [0.717, 1.165) is 6.54 Å². The average Bonchev–Trinajstić information content (AvgIpc) is 2.27. The van der Waals surface area contributed by atoms with E-state index in [1.54, 1.807) is 0 Å². The highest BCUT2D eigenvalue weighted by Crippen LogP contribution is 2.22. The molecule has 0 atom stereocenters. The maximum Gasteiger partial charge on any atom is 0.338 e. The molecule has 0 saturated heterocycles. The largest absolute Gasteiger partial charge is 0.456 e. The van der Waals surface area contributed by atoms with Crippen LogP contribution in [0.3, 0.4) is 0 Å². The molecule has 0 unspecified atom stereocenters. The highest BCUT2D eigenvalue weighted by atomic mass is 16.5. The van der Waals surface area contributed by atoms with Crippen molar-refractivity contribution in [2.45, 2.75) is 26.2 Å². The Kier molecular flexibility index (Phi) is 4.91. The Hall–Kier alpha value is -1.35. The Morgan fingerprint density at radius 2 is 1.72 bits per heavy atom. The summed E-state index contributed by atoms with van der Waals surface area (Å²) in [6.07, 6.45) is 0. The summed E-state index contributed by atoms with van der Waals surface area (Å²) in [5, 5.41) is 0. The second-order valence-electron chi connectivity index (χ2n) is 5.92. The SMILES string of the molecule is C[NH+](C)CCOC(=O)c1ccc(C(C)(C)C)cc1. The fourth-order valence-corrected chi connectivity index (χ4v) is 1.54. The first-order valence-corrected chi connectivity index (χ1v) is 6.37. The van der Waals surface area contributed by atoms with Gasteiger partial charge in [0.05, 0.1) is 19.7 Å². The Morgan fingerprint density at radius 1 is 1.17 bits per heavy atom. The molecule has 0 aliphatic rings. The fourth-order valence-electron chi connectivity index (χ4n) is 1.54. The number of esters is 1. The maximum absolute atomic E-state index is 11.8. The van der Waals surface area contributed by atoms with Gasteiger partial charge in [0.25, 0.3) is 0 Å². The van der Waals surface area contributed by atoms with Gasteiger partial charge in [0.1, 0.15) is 13.2 Å². The molecule has 0 radical (unpaired) electrons. The lowest BCUT2D eigenvalue weighted by Gasteiger charge is -2.18. The molecule has 0 fully saturated rings. The zero-order valence-corrected chi connectivity index (χ0v) is 12.0. The molecule has 0 amide bonds. The average molecular weight is 250 g/mol. The molecule has 0 saturated carbocycles. The summed E-state index contributed by atoms with van der Waals surface area (Å²) in [6, 6.07) is 7.67. The van der Waals surface area contributed by atoms with Gasteiger partial charge in [-0.2, -0.15) is 0 Å². The van der Waals surface area contributed by atoms with Crippen LogP contribution in [0.1, 0.15) is 36.7 Å². The van der Waals surface area contributed by atoms with Crippen LogP contribution in [-0.4, -0.2) is 33.2 Å². The predicted molar refractivity (Wildman–Crippen MR) is 73.1 cm³/mol. The smallest absolute Gasteiger partial charge is 0.338 e. The number of rotatable bonds is 4. The number of ether oxygens (including phenoxy) is 1. The normalized spacial score (nSPS) is 11.7. The number of carbonyl (C=O) groups excluding carboxylic acids is 1. The van der Waals surface area contributed by atoms with E-state index in [0.29, 0.717) is 12.2 Å². The van der Waals surface area contributed by atoms with Gasteiger partial charge in [0.2, 0.25) is 0 Å². The van der Waals surface area contributed by atoms with Crippen LogP contribution < -0.4 is 4.90 Å². The van der Waals surface area contributed by atoms with Crippen molar-refractivity contribution in [3.05, 3.63) is 35.4 Å². The van der Waals surface area contributed by atoms with Crippen LogP contribution in [0.4, 0.5) is 0 Å². The van der Waals surface area contributed by atoms with Crippen LogP contribution in [0.5, 0.6) is 0 Å². The number of quaternary nitrogens is 1. The van der Waals surface area contributed by atoms with E-state index in [-0.39, 0.29) is 11.4 Å². The van der Waals surface area contributed by atoms with Crippen LogP contribution in [0, 0.1) is 0 Å². The van der Waals surface area contributed by atoms with Crippen molar-refractivity contribution in [3.8, 4) is 0 Å². The third-order valence-electron chi connectivity index (χ3n) is 2.82. The summed E-state index contributed by atoms with van der Waals surface area (Å²) in [6.45, 7) is 7.74. The van der Waals surface area contributed by atoms with Crippen molar-refractivity contribution >= 4 is 5.97 Å². The van der Waals surface area contributed by atoms with Gasteiger partial charge >= 0.3 is 5.97 Å². The van der Waals surface area contributed by atoms with Crippen molar-refractivity contribution in [2.24, 2.45) is 0 Å². The van der Waals surface area contributed by atoms with E-state index < -0.39 is 0 Å². The van der Waals surface area contributed by atoms with Gasteiger partial charge in [-0.1, -0.05) is 32.9 Å². The van der Waals surface area contributed by atoms with Crippen molar-refractivity contribution < 1.29 is 14.4 Å². The molecule has 3 nitrogen and oxygen atoms in total. The molecular formula is C15H24NO2+. The van der Waals surface area contributed by atoms with Crippen LogP contribution in [0.25, 0.3) is 0 Å². The summed E-state index contributed by atoms with van der Waals surface area (Å²) < 4.78 is 5.20. The van der Waals surface area contributed by atoms with E-state index in [1.165, 1.54) is 10.5 Å². The van der Waals surface area contributed by atoms with E-state index in [2.05, 4.69) is 20.8 Å². The molecule has 100 valence electrons. The highest BCUT2D eigenvalue weighted by molar-refractivity contribution is 5.89. The molecule has 0 aliphatic carbocycles. The molecule has 18 heavy (non-hydrogen) atoms. The molecule has 0 aliphatic heterocycles. The monoisotopic (exact) mass is 250 g/mol. The van der Waals surface area contributed by atoms with Gasteiger partial charge in [-0.3, -0.25) is 0 Å². The summed E-state index contributed by atoms with van der Waals surface area (Å²) in [5.74, 6) is -0.239. The Morgan fingerprint density at radius 3 is 2.17 bits per heavy atom. The second kappa shape index (κ2) is 6.01. The lowest BCUT2D eigenvalue weighted by molar-refractivity contribution is -0.858. The van der Waals surface area contributed by atoms with Crippen molar-refractivity contribution in [3.63, 3.8) is 0 Å². The van der Waals surface area contributed by atoms with E-state index >= 15 is 0 Å². The van der Waals surface area contributed by atoms with Gasteiger partial charge < -0.3 is 9.64 Å². The third-order valence-corrected chi connectivity index (χ3v) is 2.82. The number of hydrogen-bond acceptors (Lipinski definition) is 2. The summed E-state index contributed by atoms with van der Waals surface area (Å²) >= 11 is 0. The summed E-state index contributed by atoms with van der Waals surface area (Å²) in [7, 11) is 4.07. The molecule has 3 heteroatoms. The fraction of sp³-hybridized carbons (Fsp3) is 0.533. The molecule has 0 heterocycles. The van der Waals surface area contributed by atoms with Crippen molar-refractivity contribution in [1.29, 1.82) is 0 Å². The topological polar surface area (TPSA) is 30.7 Å². The maximum atomic E-state index is 11.8. The first-order chi connectivity index (χ1) is 8.30. The standard InChI is InChI=1S/C15H23NO2/c1-15(2,3)13-8-6-12(7-9-13)14(17)18-11-10-16(4)5/h6-9H,10-11H2,1-5H3/p+1. The number of carbonyl (C=O) groups is 1. The van der Waals surface area contributed by atoms with Crippen LogP contribution >= 0.6 is 0 Å². The zero-order valence-electron chi connectivity index (χ0n) is 12.0. The van der Waals surface area contributed by atoms with Crippen molar-refractivity contribution in [2.75, 3.05) is 27.2 Å². The molecule has 1 aromatic rings. The molecule has 1 rings (SSSR count). The minimum absolute atomic E-state index is 0.108. The van der Waals surface area contributed by atoms with Gasteiger partial charge in [0.15, 0.2) is 0 Å². The number of benzene rings is 1. The summed E-state index contributed by atoms with van der Waals surface area (Å²) in [4.78, 5) is 13.0. The van der Waals surface area contributed by atoms with Crippen LogP contribution in [0.2, 0.25) is 0 Å². The molecule has 0 spiro atoms. The lowest BCUT2D eigenvalue weighted by atomic mass is 9.87. The van der Waals surface area contributed by atoms with Gasteiger partial charge in [0, 0.05) is 0 Å². The molecule has 1 N–H and O–H groups in total. The van der Waals surface area contributed by atoms with Crippen LogP contribution in [-0.2, 0) is 10.2 Å². The van der Waals surface area contributed by atoms with Gasteiger partial charge in [-0.25, -0.2) is 4.79 Å². The second-order valence-corrected chi connectivity index (χ2v) is 5.92. The van der Waals surface area contributed by atoms with Gasteiger partial charge in [-0.05, 0) is 23.1 Å². The van der Waals surface area contributed by atoms with E-state index in [1.807, 2.05) is 38.4 Å². The first-order valence-electron chi connectivity index (χ1n) is 6.37. The first kappa shape index (κ1) is 14.7. The molecule has 0 aromatic heterocycles.